The summed E-state index contributed by atoms with van der Waals surface area (Å²) in [6, 6.07) is 7.10. The SMILES string of the molecule is C=CC[C@H]1CC[C@H](CCCCC2CCC(c3ccc(C#N)c(F)c3)CC2)CC1. The zero-order valence-electron chi connectivity index (χ0n) is 17.3. The van der Waals surface area contributed by atoms with Crippen LogP contribution in [0.25, 0.3) is 0 Å². The van der Waals surface area contributed by atoms with Gasteiger partial charge < -0.3 is 0 Å². The van der Waals surface area contributed by atoms with E-state index in [9.17, 15) is 4.39 Å². The van der Waals surface area contributed by atoms with Crippen LogP contribution < -0.4 is 0 Å². The smallest absolute Gasteiger partial charge is 0.141 e. The second kappa shape index (κ2) is 10.8. The number of unbranched alkanes of at least 4 members (excludes halogenated alkanes) is 1. The van der Waals surface area contributed by atoms with Gasteiger partial charge in [-0.25, -0.2) is 4.39 Å². The van der Waals surface area contributed by atoms with E-state index in [1.165, 1.54) is 83.5 Å². The molecule has 0 aromatic heterocycles. The Labute approximate surface area is 171 Å². The van der Waals surface area contributed by atoms with Crippen LogP contribution in [-0.4, -0.2) is 0 Å². The van der Waals surface area contributed by atoms with Crippen molar-refractivity contribution in [1.82, 2.24) is 0 Å². The first-order chi connectivity index (χ1) is 13.7. The van der Waals surface area contributed by atoms with E-state index in [0.29, 0.717) is 5.92 Å². The molecule has 2 heteroatoms. The molecule has 0 radical (unpaired) electrons. The van der Waals surface area contributed by atoms with Crippen molar-refractivity contribution >= 4 is 0 Å². The Morgan fingerprint density at radius 1 is 0.929 bits per heavy atom. The molecule has 0 heterocycles. The van der Waals surface area contributed by atoms with E-state index in [1.54, 1.807) is 12.1 Å². The number of allylic oxidation sites excluding steroid dienone is 1. The Balaban J connectivity index is 1.30. The lowest BCUT2D eigenvalue weighted by Crippen LogP contribution is -2.15. The van der Waals surface area contributed by atoms with Crippen LogP contribution in [0.15, 0.2) is 30.9 Å². The minimum atomic E-state index is -0.361. The molecule has 0 saturated heterocycles. The lowest BCUT2D eigenvalue weighted by atomic mass is 9.76. The second-order valence-corrected chi connectivity index (χ2v) is 9.26. The Bertz CT molecular complexity index is 658. The van der Waals surface area contributed by atoms with Gasteiger partial charge >= 0.3 is 0 Å². The highest BCUT2D eigenvalue weighted by atomic mass is 19.1. The third-order valence-corrected chi connectivity index (χ3v) is 7.37. The van der Waals surface area contributed by atoms with Gasteiger partial charge in [-0.2, -0.15) is 5.26 Å². The molecule has 3 rings (SSSR count). The predicted molar refractivity (Wildman–Crippen MR) is 115 cm³/mol. The standard InChI is InChI=1S/C26H36FN/c1-2-5-20-8-10-21(11-9-20)6-3-4-7-22-12-14-23(15-13-22)24-16-17-25(19-28)26(27)18-24/h2,16-18,20-23H,1,3-15H2/t20-,21-,22?,23?. The van der Waals surface area contributed by atoms with Crippen molar-refractivity contribution in [3.8, 4) is 6.07 Å². The second-order valence-electron chi connectivity index (χ2n) is 9.26. The van der Waals surface area contributed by atoms with Crippen LogP contribution in [0.4, 0.5) is 4.39 Å². The molecule has 2 aliphatic carbocycles. The maximum absolute atomic E-state index is 13.9. The average molecular weight is 382 g/mol. The van der Waals surface area contributed by atoms with Crippen LogP contribution in [-0.2, 0) is 0 Å². The fourth-order valence-electron chi connectivity index (χ4n) is 5.52. The van der Waals surface area contributed by atoms with E-state index in [-0.39, 0.29) is 11.4 Å². The van der Waals surface area contributed by atoms with Crippen LogP contribution in [0, 0.1) is 34.9 Å². The molecule has 1 aromatic rings. The van der Waals surface area contributed by atoms with Crippen LogP contribution in [0.2, 0.25) is 0 Å². The fourth-order valence-corrected chi connectivity index (χ4v) is 5.52. The van der Waals surface area contributed by atoms with E-state index in [4.69, 9.17) is 5.26 Å². The number of hydrogen-bond donors (Lipinski definition) is 0. The van der Waals surface area contributed by atoms with Crippen LogP contribution >= 0.6 is 0 Å². The van der Waals surface area contributed by atoms with Gasteiger partial charge in [-0.15, -0.1) is 6.58 Å². The summed E-state index contributed by atoms with van der Waals surface area (Å²) in [5, 5.41) is 8.88. The third-order valence-electron chi connectivity index (χ3n) is 7.37. The molecule has 0 aliphatic heterocycles. The average Bonchev–Trinajstić information content (AvgIpc) is 2.73. The number of hydrogen-bond acceptors (Lipinski definition) is 1. The number of nitrogens with zero attached hydrogens (tertiary/aromatic N) is 1. The minimum Gasteiger partial charge on any atom is -0.206 e. The first kappa shape index (κ1) is 21.1. The Morgan fingerprint density at radius 3 is 2.04 bits per heavy atom. The monoisotopic (exact) mass is 381 g/mol. The van der Waals surface area contributed by atoms with E-state index in [0.717, 1.165) is 23.3 Å². The summed E-state index contributed by atoms with van der Waals surface area (Å²) in [6.45, 7) is 3.88. The summed E-state index contributed by atoms with van der Waals surface area (Å²) in [7, 11) is 0. The molecule has 0 amide bonds. The summed E-state index contributed by atoms with van der Waals surface area (Å²) in [5.41, 5.74) is 1.24. The molecule has 0 bridgehead atoms. The maximum Gasteiger partial charge on any atom is 0.141 e. The molecule has 0 spiro atoms. The summed E-state index contributed by atoms with van der Waals surface area (Å²) < 4.78 is 13.9. The van der Waals surface area contributed by atoms with Gasteiger partial charge in [0.2, 0.25) is 0 Å². The van der Waals surface area contributed by atoms with Gasteiger partial charge in [0.15, 0.2) is 0 Å². The van der Waals surface area contributed by atoms with Crippen LogP contribution in [0.3, 0.4) is 0 Å². The van der Waals surface area contributed by atoms with E-state index in [2.05, 4.69) is 12.7 Å². The van der Waals surface area contributed by atoms with Gasteiger partial charge in [0.25, 0.3) is 0 Å². The summed E-state index contributed by atoms with van der Waals surface area (Å²) in [4.78, 5) is 0. The van der Waals surface area contributed by atoms with Crippen LogP contribution in [0.1, 0.15) is 101 Å². The summed E-state index contributed by atoms with van der Waals surface area (Å²) >= 11 is 0. The Hall–Kier alpha value is -1.62. The number of benzene rings is 1. The van der Waals surface area contributed by atoms with Gasteiger partial charge in [0.05, 0.1) is 5.56 Å². The van der Waals surface area contributed by atoms with Crippen molar-refractivity contribution in [1.29, 1.82) is 5.26 Å². The summed E-state index contributed by atoms with van der Waals surface area (Å²) in [5.74, 6) is 2.87. The molecule has 28 heavy (non-hydrogen) atoms. The van der Waals surface area contributed by atoms with Gasteiger partial charge in [-0.05, 0) is 86.3 Å². The van der Waals surface area contributed by atoms with Crippen LogP contribution in [0.5, 0.6) is 0 Å². The lowest BCUT2D eigenvalue weighted by molar-refractivity contribution is 0.253. The molecule has 2 fully saturated rings. The van der Waals surface area contributed by atoms with Crippen molar-refractivity contribution in [2.75, 3.05) is 0 Å². The molecule has 1 nitrogen and oxygen atoms in total. The molecule has 0 unspecified atom stereocenters. The number of halogens is 1. The number of nitriles is 1. The molecule has 152 valence electrons. The van der Waals surface area contributed by atoms with Gasteiger partial charge in [-0.3, -0.25) is 0 Å². The largest absolute Gasteiger partial charge is 0.206 e. The van der Waals surface area contributed by atoms with Crippen molar-refractivity contribution in [2.45, 2.75) is 89.4 Å². The van der Waals surface area contributed by atoms with Gasteiger partial charge in [0, 0.05) is 0 Å². The Morgan fingerprint density at radius 2 is 1.50 bits per heavy atom. The predicted octanol–water partition coefficient (Wildman–Crippen LogP) is 7.91. The van der Waals surface area contributed by atoms with Gasteiger partial charge in [0.1, 0.15) is 11.9 Å². The van der Waals surface area contributed by atoms with E-state index in [1.807, 2.05) is 12.1 Å². The fraction of sp³-hybridized carbons (Fsp3) is 0.654. The first-order valence-electron chi connectivity index (χ1n) is 11.5. The molecular formula is C26H36FN. The molecule has 0 atom stereocenters. The third kappa shape index (κ3) is 5.94. The lowest BCUT2D eigenvalue weighted by Gasteiger charge is -2.30. The first-order valence-corrected chi connectivity index (χ1v) is 11.5. The minimum absolute atomic E-state index is 0.159. The molecule has 2 aliphatic rings. The molecule has 1 aromatic carbocycles. The quantitative estimate of drug-likeness (QED) is 0.331. The zero-order valence-corrected chi connectivity index (χ0v) is 17.3. The normalized spacial score (nSPS) is 27.9. The highest BCUT2D eigenvalue weighted by Crippen LogP contribution is 2.39. The molecular weight excluding hydrogens is 345 g/mol. The highest BCUT2D eigenvalue weighted by Gasteiger charge is 2.23. The molecule has 2 saturated carbocycles. The van der Waals surface area contributed by atoms with Crippen molar-refractivity contribution in [3.05, 3.63) is 47.8 Å². The maximum atomic E-state index is 13.9. The van der Waals surface area contributed by atoms with Crippen molar-refractivity contribution < 1.29 is 4.39 Å². The Kier molecular flexibility index (Phi) is 8.13. The van der Waals surface area contributed by atoms with Gasteiger partial charge in [-0.1, -0.05) is 50.7 Å². The van der Waals surface area contributed by atoms with E-state index >= 15 is 0 Å². The summed E-state index contributed by atoms with van der Waals surface area (Å²) in [6.07, 6.45) is 19.5. The topological polar surface area (TPSA) is 23.8 Å². The van der Waals surface area contributed by atoms with Crippen molar-refractivity contribution in [2.24, 2.45) is 17.8 Å². The highest BCUT2D eigenvalue weighted by molar-refractivity contribution is 5.34. The van der Waals surface area contributed by atoms with E-state index < -0.39 is 0 Å². The zero-order chi connectivity index (χ0) is 19.8. The number of rotatable bonds is 8. The van der Waals surface area contributed by atoms with Crippen molar-refractivity contribution in [3.63, 3.8) is 0 Å². The molecule has 0 N–H and O–H groups in total.